The topological polar surface area (TPSA) is 79.5 Å². The summed E-state index contributed by atoms with van der Waals surface area (Å²) in [5.41, 5.74) is 3.18. The third kappa shape index (κ3) is 3.80. The summed E-state index contributed by atoms with van der Waals surface area (Å²) in [6.45, 7) is 3.94. The molecule has 0 unspecified atom stereocenters. The molecule has 2 aliphatic heterocycles. The van der Waals surface area contributed by atoms with E-state index in [9.17, 15) is 9.59 Å². The quantitative estimate of drug-likeness (QED) is 0.623. The SMILES string of the molecule is Cc1ccc(C(=O)N2CCSC2)c(C2CCN(C(=O)c3onc4ccccc34)CC2)n1. The van der Waals surface area contributed by atoms with Crippen LogP contribution in [0, 0.1) is 6.92 Å². The van der Waals surface area contributed by atoms with Crippen molar-refractivity contribution in [1.82, 2.24) is 19.9 Å². The third-order valence-electron chi connectivity index (χ3n) is 6.08. The van der Waals surface area contributed by atoms with Crippen LogP contribution < -0.4 is 0 Å². The van der Waals surface area contributed by atoms with Crippen LogP contribution in [0.15, 0.2) is 40.9 Å². The van der Waals surface area contributed by atoms with Crippen LogP contribution in [-0.4, -0.2) is 63.0 Å². The molecule has 0 radical (unpaired) electrons. The minimum absolute atomic E-state index is 0.0686. The van der Waals surface area contributed by atoms with Crippen molar-refractivity contribution in [2.45, 2.75) is 25.7 Å². The van der Waals surface area contributed by atoms with Crippen LogP contribution in [0.2, 0.25) is 0 Å². The first-order valence-corrected chi connectivity index (χ1v) is 11.8. The molecule has 0 atom stereocenters. The van der Waals surface area contributed by atoms with Gasteiger partial charge in [0, 0.05) is 37.0 Å². The Balaban J connectivity index is 1.33. The second kappa shape index (κ2) is 8.34. The van der Waals surface area contributed by atoms with Crippen LogP contribution >= 0.6 is 11.8 Å². The Labute approximate surface area is 184 Å². The molecule has 2 aromatic heterocycles. The molecule has 7 nitrogen and oxygen atoms in total. The van der Waals surface area contributed by atoms with E-state index >= 15 is 0 Å². The van der Waals surface area contributed by atoms with Crippen molar-refractivity contribution in [3.05, 3.63) is 59.1 Å². The predicted molar refractivity (Wildman–Crippen MR) is 119 cm³/mol. The summed E-state index contributed by atoms with van der Waals surface area (Å²) in [7, 11) is 0. The Morgan fingerprint density at radius 1 is 1.03 bits per heavy atom. The summed E-state index contributed by atoms with van der Waals surface area (Å²) in [5, 5.41) is 4.74. The molecule has 0 bridgehead atoms. The summed E-state index contributed by atoms with van der Waals surface area (Å²) in [6.07, 6.45) is 1.53. The van der Waals surface area contributed by atoms with Gasteiger partial charge in [0.2, 0.25) is 5.76 Å². The van der Waals surface area contributed by atoms with E-state index < -0.39 is 0 Å². The molecule has 31 heavy (non-hydrogen) atoms. The maximum absolute atomic E-state index is 13.1. The summed E-state index contributed by atoms with van der Waals surface area (Å²) in [5.74, 6) is 2.12. The zero-order valence-electron chi connectivity index (χ0n) is 17.4. The van der Waals surface area contributed by atoms with Crippen LogP contribution in [0.5, 0.6) is 0 Å². The number of benzene rings is 1. The summed E-state index contributed by atoms with van der Waals surface area (Å²) in [6, 6.07) is 11.3. The van der Waals surface area contributed by atoms with E-state index in [1.165, 1.54) is 0 Å². The smallest absolute Gasteiger partial charge is 0.293 e. The maximum Gasteiger partial charge on any atom is 0.293 e. The number of aromatic nitrogens is 2. The Morgan fingerprint density at radius 3 is 2.61 bits per heavy atom. The predicted octanol–water partition coefficient (Wildman–Crippen LogP) is 3.70. The summed E-state index contributed by atoms with van der Waals surface area (Å²) >= 11 is 1.78. The van der Waals surface area contributed by atoms with E-state index in [4.69, 9.17) is 9.51 Å². The van der Waals surface area contributed by atoms with Crippen molar-refractivity contribution in [1.29, 1.82) is 0 Å². The fourth-order valence-corrected chi connectivity index (χ4v) is 5.30. The number of amides is 2. The van der Waals surface area contributed by atoms with Crippen molar-refractivity contribution in [3.8, 4) is 0 Å². The highest BCUT2D eigenvalue weighted by Crippen LogP contribution is 2.32. The molecule has 160 valence electrons. The zero-order chi connectivity index (χ0) is 21.4. The van der Waals surface area contributed by atoms with Gasteiger partial charge in [-0.1, -0.05) is 17.3 Å². The zero-order valence-corrected chi connectivity index (χ0v) is 18.2. The van der Waals surface area contributed by atoms with Gasteiger partial charge < -0.3 is 14.3 Å². The van der Waals surface area contributed by atoms with Gasteiger partial charge in [0.25, 0.3) is 11.8 Å². The minimum Gasteiger partial charge on any atom is -0.350 e. The molecule has 0 aliphatic carbocycles. The maximum atomic E-state index is 13.1. The van der Waals surface area contributed by atoms with Crippen molar-refractivity contribution in [2.75, 3.05) is 31.3 Å². The molecule has 0 spiro atoms. The van der Waals surface area contributed by atoms with Gasteiger partial charge in [0.15, 0.2) is 0 Å². The van der Waals surface area contributed by atoms with E-state index in [1.807, 2.05) is 53.1 Å². The van der Waals surface area contributed by atoms with Gasteiger partial charge >= 0.3 is 0 Å². The number of aryl methyl sites for hydroxylation is 1. The first-order chi connectivity index (χ1) is 15.1. The summed E-state index contributed by atoms with van der Waals surface area (Å²) < 4.78 is 5.36. The normalized spacial score (nSPS) is 17.5. The molecule has 2 aliphatic rings. The standard InChI is InChI=1S/C23H24N4O3S/c1-15-6-7-18(22(28)27-12-13-31-14-27)20(24-15)16-8-10-26(11-9-16)23(29)21-17-4-2-3-5-19(17)25-30-21/h2-7,16H,8-14H2,1H3. The first-order valence-electron chi connectivity index (χ1n) is 10.6. The van der Waals surface area contributed by atoms with Gasteiger partial charge in [-0.2, -0.15) is 0 Å². The highest BCUT2D eigenvalue weighted by Gasteiger charge is 2.31. The molecule has 1 aromatic carbocycles. The molecule has 0 N–H and O–H groups in total. The van der Waals surface area contributed by atoms with Crippen LogP contribution in [0.25, 0.3) is 10.9 Å². The van der Waals surface area contributed by atoms with Crippen molar-refractivity contribution >= 4 is 34.5 Å². The van der Waals surface area contributed by atoms with Crippen LogP contribution in [0.3, 0.4) is 0 Å². The Kier molecular flexibility index (Phi) is 5.40. The molecular formula is C23H24N4O3S. The van der Waals surface area contributed by atoms with Gasteiger partial charge in [-0.05, 0) is 44.0 Å². The lowest BCUT2D eigenvalue weighted by atomic mass is 9.89. The van der Waals surface area contributed by atoms with Crippen molar-refractivity contribution in [3.63, 3.8) is 0 Å². The van der Waals surface area contributed by atoms with Crippen LogP contribution in [0.1, 0.15) is 51.1 Å². The molecular weight excluding hydrogens is 412 g/mol. The Morgan fingerprint density at radius 2 is 1.84 bits per heavy atom. The van der Waals surface area contributed by atoms with Gasteiger partial charge in [0.05, 0.1) is 22.5 Å². The van der Waals surface area contributed by atoms with E-state index in [0.717, 1.165) is 47.8 Å². The Bertz CT molecular complexity index is 1130. The second-order valence-corrected chi connectivity index (χ2v) is 9.16. The molecule has 0 saturated carbocycles. The van der Waals surface area contributed by atoms with E-state index in [1.54, 1.807) is 11.8 Å². The first kappa shape index (κ1) is 20.1. The fraction of sp³-hybridized carbons (Fsp3) is 0.391. The number of piperidine rings is 1. The van der Waals surface area contributed by atoms with E-state index in [0.29, 0.717) is 29.9 Å². The van der Waals surface area contributed by atoms with Crippen molar-refractivity contribution < 1.29 is 14.1 Å². The lowest BCUT2D eigenvalue weighted by molar-refractivity contribution is 0.0670. The number of nitrogens with zero attached hydrogens (tertiary/aromatic N) is 4. The van der Waals surface area contributed by atoms with Crippen molar-refractivity contribution in [2.24, 2.45) is 0 Å². The number of rotatable bonds is 3. The lowest BCUT2D eigenvalue weighted by Crippen LogP contribution is -2.38. The molecule has 4 heterocycles. The average molecular weight is 437 g/mol. The molecule has 2 amide bonds. The average Bonchev–Trinajstić information content (AvgIpc) is 3.49. The molecule has 5 rings (SSSR count). The Hall–Kier alpha value is -2.87. The number of thioether (sulfide) groups is 1. The number of likely N-dealkylation sites (tertiary alicyclic amines) is 1. The van der Waals surface area contributed by atoms with Gasteiger partial charge in [-0.15, -0.1) is 11.8 Å². The summed E-state index contributed by atoms with van der Waals surface area (Å²) in [4.78, 5) is 34.6. The lowest BCUT2D eigenvalue weighted by Gasteiger charge is -2.32. The highest BCUT2D eigenvalue weighted by atomic mass is 32.2. The largest absolute Gasteiger partial charge is 0.350 e. The molecule has 3 aromatic rings. The molecule has 2 fully saturated rings. The number of pyridine rings is 1. The van der Waals surface area contributed by atoms with Gasteiger partial charge in [-0.3, -0.25) is 14.6 Å². The van der Waals surface area contributed by atoms with E-state index in [-0.39, 0.29) is 17.7 Å². The number of carbonyl (C=O) groups is 2. The number of hydrogen-bond donors (Lipinski definition) is 0. The van der Waals surface area contributed by atoms with Crippen LogP contribution in [0.4, 0.5) is 0 Å². The third-order valence-corrected chi connectivity index (χ3v) is 7.05. The fourth-order valence-electron chi connectivity index (χ4n) is 4.36. The number of carbonyl (C=O) groups excluding carboxylic acids is 2. The van der Waals surface area contributed by atoms with E-state index in [2.05, 4.69) is 5.16 Å². The second-order valence-electron chi connectivity index (χ2n) is 8.09. The number of hydrogen-bond acceptors (Lipinski definition) is 6. The number of fused-ring (bicyclic) bond motifs is 1. The van der Waals surface area contributed by atoms with Gasteiger partial charge in [-0.25, -0.2) is 0 Å². The van der Waals surface area contributed by atoms with Gasteiger partial charge in [0.1, 0.15) is 5.52 Å². The highest BCUT2D eigenvalue weighted by molar-refractivity contribution is 7.99. The minimum atomic E-state index is -0.130. The molecule has 2 saturated heterocycles. The van der Waals surface area contributed by atoms with Crippen LogP contribution in [-0.2, 0) is 0 Å². The molecule has 8 heteroatoms. The monoisotopic (exact) mass is 436 g/mol.